The van der Waals surface area contributed by atoms with E-state index < -0.39 is 11.7 Å². The van der Waals surface area contributed by atoms with Gasteiger partial charge >= 0.3 is 0 Å². The van der Waals surface area contributed by atoms with Crippen LogP contribution in [0, 0.1) is 17.7 Å². The number of aromatic nitrogens is 5. The summed E-state index contributed by atoms with van der Waals surface area (Å²) in [6, 6.07) is 11.4. The second-order valence-corrected chi connectivity index (χ2v) is 9.30. The molecule has 0 saturated carbocycles. The molecule has 2 aliphatic rings. The zero-order valence-electron chi connectivity index (χ0n) is 19.7. The van der Waals surface area contributed by atoms with Crippen molar-refractivity contribution in [3.63, 3.8) is 0 Å². The van der Waals surface area contributed by atoms with Gasteiger partial charge in [0.05, 0.1) is 12.4 Å². The third kappa shape index (κ3) is 4.18. The number of halogens is 1. The molecule has 2 amide bonds. The van der Waals surface area contributed by atoms with Gasteiger partial charge in [-0.1, -0.05) is 18.2 Å². The molecule has 4 aromatic rings. The van der Waals surface area contributed by atoms with E-state index in [0.29, 0.717) is 43.4 Å². The average molecular weight is 499 g/mol. The normalized spacial score (nSPS) is 18.7. The maximum absolute atomic E-state index is 14.8. The van der Waals surface area contributed by atoms with Crippen LogP contribution in [-0.4, -0.2) is 67.9 Å². The summed E-state index contributed by atoms with van der Waals surface area (Å²) in [5.41, 5.74) is 7.79. The molecule has 2 aromatic carbocycles. The van der Waals surface area contributed by atoms with Crippen molar-refractivity contribution in [1.82, 2.24) is 29.9 Å². The zero-order chi connectivity index (χ0) is 25.5. The first-order chi connectivity index (χ1) is 18.0. The van der Waals surface area contributed by atoms with Crippen LogP contribution in [0.15, 0.2) is 67.3 Å². The molecule has 4 heterocycles. The van der Waals surface area contributed by atoms with Crippen molar-refractivity contribution in [3.8, 4) is 16.8 Å². The Balaban J connectivity index is 1.13. The fraction of sp³-hybridized carbons (Fsp3) is 0.231. The van der Waals surface area contributed by atoms with Crippen LogP contribution in [0.2, 0.25) is 0 Å². The Morgan fingerprint density at radius 1 is 0.865 bits per heavy atom. The summed E-state index contributed by atoms with van der Waals surface area (Å²) in [5.74, 6) is -0.294. The SMILES string of the molecule is NC(=O)c1ccc(-c2cnc(N3CC4CN(C(=O)c5c(F)cccc5-n5nccn5)CC4C3)nc2)cc1. The predicted molar refractivity (Wildman–Crippen MR) is 132 cm³/mol. The lowest BCUT2D eigenvalue weighted by Crippen LogP contribution is -2.34. The van der Waals surface area contributed by atoms with Gasteiger partial charge in [0.15, 0.2) is 0 Å². The molecule has 0 spiro atoms. The largest absolute Gasteiger partial charge is 0.366 e. The minimum Gasteiger partial charge on any atom is -0.366 e. The Labute approximate surface area is 211 Å². The smallest absolute Gasteiger partial charge is 0.259 e. The minimum atomic E-state index is -0.587. The highest BCUT2D eigenvalue weighted by Crippen LogP contribution is 2.34. The Kier molecular flexibility index (Phi) is 5.59. The first kappa shape index (κ1) is 22.8. The molecular weight excluding hydrogens is 475 g/mol. The number of hydrogen-bond donors (Lipinski definition) is 1. The number of carbonyl (C=O) groups is 2. The van der Waals surface area contributed by atoms with Crippen LogP contribution in [-0.2, 0) is 0 Å². The van der Waals surface area contributed by atoms with Crippen LogP contribution in [0.25, 0.3) is 16.8 Å². The number of nitrogens with zero attached hydrogens (tertiary/aromatic N) is 7. The quantitative estimate of drug-likeness (QED) is 0.447. The molecule has 2 atom stereocenters. The van der Waals surface area contributed by atoms with E-state index >= 15 is 0 Å². The maximum Gasteiger partial charge on any atom is 0.259 e. The van der Waals surface area contributed by atoms with E-state index in [4.69, 9.17) is 5.73 Å². The number of fused-ring (bicyclic) bond motifs is 1. The molecule has 2 aliphatic heterocycles. The average Bonchev–Trinajstić information content (AvgIpc) is 3.66. The number of benzene rings is 2. The predicted octanol–water partition coefficient (Wildman–Crippen LogP) is 2.17. The van der Waals surface area contributed by atoms with Crippen LogP contribution in [0.5, 0.6) is 0 Å². The highest BCUT2D eigenvalue weighted by Gasteiger charge is 2.43. The second-order valence-electron chi connectivity index (χ2n) is 9.30. The van der Waals surface area contributed by atoms with Gasteiger partial charge in [-0.15, -0.1) is 0 Å². The van der Waals surface area contributed by atoms with Gasteiger partial charge in [0.1, 0.15) is 17.1 Å². The summed E-state index contributed by atoms with van der Waals surface area (Å²) in [6.45, 7) is 2.49. The van der Waals surface area contributed by atoms with Gasteiger partial charge in [0.2, 0.25) is 11.9 Å². The number of rotatable bonds is 5. The highest BCUT2D eigenvalue weighted by atomic mass is 19.1. The molecule has 2 aromatic heterocycles. The molecule has 2 unspecified atom stereocenters. The molecule has 0 bridgehead atoms. The topological polar surface area (TPSA) is 123 Å². The molecule has 2 N–H and O–H groups in total. The summed E-state index contributed by atoms with van der Waals surface area (Å²) >= 11 is 0. The van der Waals surface area contributed by atoms with Crippen molar-refractivity contribution in [1.29, 1.82) is 0 Å². The van der Waals surface area contributed by atoms with E-state index in [0.717, 1.165) is 11.1 Å². The summed E-state index contributed by atoms with van der Waals surface area (Å²) in [5, 5.41) is 8.13. The number of primary amides is 1. The van der Waals surface area contributed by atoms with Gasteiger partial charge in [-0.05, 0) is 29.8 Å². The number of amides is 2. The molecule has 11 heteroatoms. The van der Waals surface area contributed by atoms with Crippen LogP contribution in [0.4, 0.5) is 10.3 Å². The molecule has 6 rings (SSSR count). The molecule has 2 saturated heterocycles. The molecule has 10 nitrogen and oxygen atoms in total. The molecule has 186 valence electrons. The summed E-state index contributed by atoms with van der Waals surface area (Å²) in [7, 11) is 0. The molecule has 2 fully saturated rings. The van der Waals surface area contributed by atoms with E-state index in [1.165, 1.54) is 23.3 Å². The summed E-state index contributed by atoms with van der Waals surface area (Å²) < 4.78 is 14.8. The Bertz CT molecular complexity index is 1440. The van der Waals surface area contributed by atoms with Gasteiger partial charge in [0.25, 0.3) is 5.91 Å². The first-order valence-electron chi connectivity index (χ1n) is 11.9. The zero-order valence-corrected chi connectivity index (χ0v) is 19.7. The lowest BCUT2D eigenvalue weighted by atomic mass is 10.0. The number of nitrogens with two attached hydrogens (primary N) is 1. The van der Waals surface area contributed by atoms with Gasteiger partial charge in [-0.2, -0.15) is 15.0 Å². The van der Waals surface area contributed by atoms with E-state index in [9.17, 15) is 14.0 Å². The highest BCUT2D eigenvalue weighted by molar-refractivity contribution is 5.98. The van der Waals surface area contributed by atoms with Crippen molar-refractivity contribution < 1.29 is 14.0 Å². The minimum absolute atomic E-state index is 0.0155. The molecule has 0 radical (unpaired) electrons. The first-order valence-corrected chi connectivity index (χ1v) is 11.9. The van der Waals surface area contributed by atoms with Gasteiger partial charge in [-0.3, -0.25) is 9.59 Å². The van der Waals surface area contributed by atoms with Crippen LogP contribution in [0.1, 0.15) is 20.7 Å². The third-order valence-corrected chi connectivity index (χ3v) is 7.04. The van der Waals surface area contributed by atoms with Crippen LogP contribution < -0.4 is 10.6 Å². The monoisotopic (exact) mass is 498 g/mol. The Hall–Kier alpha value is -4.67. The van der Waals surface area contributed by atoms with Crippen molar-refractivity contribution in [2.45, 2.75) is 0 Å². The van der Waals surface area contributed by atoms with Gasteiger partial charge in [-0.25, -0.2) is 14.4 Å². The van der Waals surface area contributed by atoms with E-state index in [-0.39, 0.29) is 23.3 Å². The summed E-state index contributed by atoms with van der Waals surface area (Å²) in [6.07, 6.45) is 6.49. The van der Waals surface area contributed by atoms with Gasteiger partial charge in [0, 0.05) is 61.5 Å². The number of likely N-dealkylation sites (tertiary alicyclic amines) is 1. The summed E-state index contributed by atoms with van der Waals surface area (Å²) in [4.78, 5) is 38.8. The lowest BCUT2D eigenvalue weighted by molar-refractivity contribution is 0.0777. The lowest BCUT2D eigenvalue weighted by Gasteiger charge is -2.22. The number of anilines is 1. The Morgan fingerprint density at radius 3 is 2.14 bits per heavy atom. The Morgan fingerprint density at radius 2 is 1.51 bits per heavy atom. The van der Waals surface area contributed by atoms with Gasteiger partial charge < -0.3 is 15.5 Å². The standard InChI is InChI=1S/C26H23FN8O2/c27-21-2-1-3-22(35-31-8-9-32-35)23(21)25(37)33-12-19-14-34(15-20(19)13-33)26-29-10-18(11-30-26)16-4-6-17(7-5-16)24(28)36/h1-11,19-20H,12-15H2,(H2,28,36). The van der Waals surface area contributed by atoms with E-state index in [1.54, 1.807) is 41.6 Å². The fourth-order valence-electron chi connectivity index (χ4n) is 5.17. The molecule has 37 heavy (non-hydrogen) atoms. The number of hydrogen-bond acceptors (Lipinski definition) is 7. The van der Waals surface area contributed by atoms with E-state index in [2.05, 4.69) is 25.1 Å². The number of carbonyl (C=O) groups excluding carboxylic acids is 2. The second kappa shape index (κ2) is 9.08. The van der Waals surface area contributed by atoms with Crippen molar-refractivity contribution in [3.05, 3.63) is 84.2 Å². The van der Waals surface area contributed by atoms with Crippen LogP contribution >= 0.6 is 0 Å². The van der Waals surface area contributed by atoms with Crippen molar-refractivity contribution in [2.24, 2.45) is 17.6 Å². The van der Waals surface area contributed by atoms with Crippen molar-refractivity contribution in [2.75, 3.05) is 31.1 Å². The van der Waals surface area contributed by atoms with Crippen LogP contribution in [0.3, 0.4) is 0 Å². The van der Waals surface area contributed by atoms with Crippen molar-refractivity contribution >= 4 is 17.8 Å². The fourth-order valence-corrected chi connectivity index (χ4v) is 5.17. The third-order valence-electron chi connectivity index (χ3n) is 7.04. The van der Waals surface area contributed by atoms with E-state index in [1.807, 2.05) is 12.1 Å². The maximum atomic E-state index is 14.8. The molecular formula is C26H23FN8O2. The molecule has 0 aliphatic carbocycles.